The Balaban J connectivity index is 4.41. The molecule has 0 rings (SSSR count). The van der Waals surface area contributed by atoms with Gasteiger partial charge in [-0.15, -0.1) is 0 Å². The van der Waals surface area contributed by atoms with E-state index in [1.54, 1.807) is 6.92 Å². The molecule has 1 atom stereocenters. The van der Waals surface area contributed by atoms with Crippen LogP contribution in [0.4, 0.5) is 0 Å². The first kappa shape index (κ1) is 18.3. The van der Waals surface area contributed by atoms with Gasteiger partial charge in [0.15, 0.2) is 0 Å². The standard InChI is InChI=1S/C11H24N2O5S/c1-9(2)7-11(3,16)8-12-19(17,18)13(4)6-5-10(14)15/h9,12,16H,5-8H2,1-4H3,(H,14,15). The van der Waals surface area contributed by atoms with Gasteiger partial charge in [0.1, 0.15) is 0 Å². The zero-order chi connectivity index (χ0) is 15.3. The molecule has 0 aliphatic carbocycles. The molecular weight excluding hydrogens is 272 g/mol. The summed E-state index contributed by atoms with van der Waals surface area (Å²) in [6, 6.07) is 0. The fourth-order valence-electron chi connectivity index (χ4n) is 1.68. The van der Waals surface area contributed by atoms with Crippen molar-refractivity contribution in [3.8, 4) is 0 Å². The summed E-state index contributed by atoms with van der Waals surface area (Å²) in [7, 11) is -2.47. The van der Waals surface area contributed by atoms with Gasteiger partial charge in [-0.3, -0.25) is 4.79 Å². The van der Waals surface area contributed by atoms with E-state index in [0.29, 0.717) is 6.42 Å². The van der Waals surface area contributed by atoms with Crippen molar-refractivity contribution >= 4 is 16.2 Å². The molecular formula is C11H24N2O5S. The molecule has 0 saturated carbocycles. The third kappa shape index (κ3) is 8.14. The van der Waals surface area contributed by atoms with Gasteiger partial charge in [-0.2, -0.15) is 17.4 Å². The third-order valence-corrected chi connectivity index (χ3v) is 4.05. The summed E-state index contributed by atoms with van der Waals surface area (Å²) < 4.78 is 26.8. The molecule has 0 aliphatic heterocycles. The van der Waals surface area contributed by atoms with Crippen molar-refractivity contribution in [2.24, 2.45) is 5.92 Å². The average molecular weight is 296 g/mol. The number of rotatable bonds is 9. The van der Waals surface area contributed by atoms with Gasteiger partial charge in [0.25, 0.3) is 10.2 Å². The normalized spacial score (nSPS) is 15.7. The van der Waals surface area contributed by atoms with Crippen LogP contribution in [0.25, 0.3) is 0 Å². The molecule has 114 valence electrons. The van der Waals surface area contributed by atoms with Crippen LogP contribution >= 0.6 is 0 Å². The molecule has 3 N–H and O–H groups in total. The van der Waals surface area contributed by atoms with Crippen LogP contribution in [0.5, 0.6) is 0 Å². The lowest BCUT2D eigenvalue weighted by molar-refractivity contribution is -0.137. The highest BCUT2D eigenvalue weighted by Crippen LogP contribution is 2.15. The highest BCUT2D eigenvalue weighted by molar-refractivity contribution is 7.87. The van der Waals surface area contributed by atoms with E-state index >= 15 is 0 Å². The summed E-state index contributed by atoms with van der Waals surface area (Å²) in [4.78, 5) is 10.4. The van der Waals surface area contributed by atoms with Crippen molar-refractivity contribution in [2.45, 2.75) is 39.2 Å². The van der Waals surface area contributed by atoms with Crippen LogP contribution in [0.1, 0.15) is 33.6 Å². The van der Waals surface area contributed by atoms with Gasteiger partial charge in [-0.1, -0.05) is 13.8 Å². The Hall–Kier alpha value is -0.700. The van der Waals surface area contributed by atoms with Crippen LogP contribution in [0.15, 0.2) is 0 Å². The molecule has 1 unspecified atom stereocenters. The summed E-state index contributed by atoms with van der Waals surface area (Å²) in [5.74, 6) is -0.821. The minimum Gasteiger partial charge on any atom is -0.481 e. The zero-order valence-corrected chi connectivity index (χ0v) is 12.7. The van der Waals surface area contributed by atoms with E-state index < -0.39 is 21.8 Å². The molecule has 19 heavy (non-hydrogen) atoms. The quantitative estimate of drug-likeness (QED) is 0.556. The Labute approximate surface area is 114 Å². The summed E-state index contributed by atoms with van der Waals surface area (Å²) in [5, 5.41) is 18.5. The molecule has 0 radical (unpaired) electrons. The largest absolute Gasteiger partial charge is 0.481 e. The predicted octanol–water partition coefficient (Wildman–Crippen LogP) is 0.0244. The maximum atomic E-state index is 11.8. The van der Waals surface area contributed by atoms with E-state index in [2.05, 4.69) is 4.72 Å². The SMILES string of the molecule is CC(C)CC(C)(O)CNS(=O)(=O)N(C)CCC(=O)O. The Morgan fingerprint density at radius 1 is 1.42 bits per heavy atom. The molecule has 0 spiro atoms. The first-order valence-electron chi connectivity index (χ1n) is 6.11. The first-order chi connectivity index (χ1) is 8.46. The van der Waals surface area contributed by atoms with Crippen molar-refractivity contribution in [3.05, 3.63) is 0 Å². The Morgan fingerprint density at radius 3 is 2.37 bits per heavy atom. The number of nitrogens with one attached hydrogen (secondary N) is 1. The minimum absolute atomic E-state index is 0.106. The molecule has 8 heteroatoms. The topological polar surface area (TPSA) is 107 Å². The summed E-state index contributed by atoms with van der Waals surface area (Å²) in [5.41, 5.74) is -1.13. The van der Waals surface area contributed by atoms with Crippen molar-refractivity contribution in [1.29, 1.82) is 0 Å². The second-order valence-corrected chi connectivity index (χ2v) is 7.25. The molecule has 0 fully saturated rings. The molecule has 0 saturated heterocycles. The van der Waals surface area contributed by atoms with Crippen LogP contribution in [0.3, 0.4) is 0 Å². The summed E-state index contributed by atoms with van der Waals surface area (Å²) in [6.45, 7) is 5.21. The molecule has 0 aliphatic rings. The van der Waals surface area contributed by atoms with E-state index in [0.717, 1.165) is 4.31 Å². The van der Waals surface area contributed by atoms with Crippen LogP contribution in [0.2, 0.25) is 0 Å². The fraction of sp³-hybridized carbons (Fsp3) is 0.909. The zero-order valence-electron chi connectivity index (χ0n) is 11.9. The summed E-state index contributed by atoms with van der Waals surface area (Å²) >= 11 is 0. The van der Waals surface area contributed by atoms with Crippen molar-refractivity contribution in [2.75, 3.05) is 20.1 Å². The Morgan fingerprint density at radius 2 is 1.95 bits per heavy atom. The number of hydrogen-bond acceptors (Lipinski definition) is 4. The number of nitrogens with zero attached hydrogens (tertiary/aromatic N) is 1. The Bertz CT molecular complexity index is 392. The monoisotopic (exact) mass is 296 g/mol. The molecule has 0 bridgehead atoms. The lowest BCUT2D eigenvalue weighted by Crippen LogP contribution is -2.46. The maximum absolute atomic E-state index is 11.8. The number of aliphatic carboxylic acids is 1. The van der Waals surface area contributed by atoms with Gasteiger partial charge in [0.2, 0.25) is 0 Å². The van der Waals surface area contributed by atoms with Crippen LogP contribution in [-0.2, 0) is 15.0 Å². The number of hydrogen-bond donors (Lipinski definition) is 3. The predicted molar refractivity (Wildman–Crippen MR) is 71.9 cm³/mol. The van der Waals surface area contributed by atoms with Gasteiger partial charge in [-0.25, -0.2) is 0 Å². The van der Waals surface area contributed by atoms with Crippen molar-refractivity contribution < 1.29 is 23.4 Å². The molecule has 0 heterocycles. The second-order valence-electron chi connectivity index (χ2n) is 5.39. The first-order valence-corrected chi connectivity index (χ1v) is 7.55. The Kier molecular flexibility index (Phi) is 6.92. The highest BCUT2D eigenvalue weighted by Gasteiger charge is 2.26. The van der Waals surface area contributed by atoms with Gasteiger partial charge >= 0.3 is 5.97 Å². The molecule has 0 aromatic heterocycles. The van der Waals surface area contributed by atoms with Crippen molar-refractivity contribution in [3.63, 3.8) is 0 Å². The lowest BCUT2D eigenvalue weighted by atomic mass is 9.95. The van der Waals surface area contributed by atoms with Crippen molar-refractivity contribution in [1.82, 2.24) is 9.03 Å². The molecule has 0 amide bonds. The second kappa shape index (κ2) is 7.18. The number of carboxylic acids is 1. The van der Waals surface area contributed by atoms with E-state index in [4.69, 9.17) is 5.11 Å². The number of carbonyl (C=O) groups is 1. The minimum atomic E-state index is -3.76. The maximum Gasteiger partial charge on any atom is 0.304 e. The van der Waals surface area contributed by atoms with E-state index in [-0.39, 0.29) is 25.4 Å². The molecule has 7 nitrogen and oxygen atoms in total. The number of aliphatic hydroxyl groups is 1. The smallest absolute Gasteiger partial charge is 0.304 e. The molecule has 0 aromatic carbocycles. The lowest BCUT2D eigenvalue weighted by Gasteiger charge is -2.27. The van der Waals surface area contributed by atoms with Gasteiger partial charge in [0, 0.05) is 20.1 Å². The third-order valence-electron chi connectivity index (χ3n) is 2.53. The summed E-state index contributed by atoms with van der Waals surface area (Å²) in [6.07, 6.45) is 0.203. The van der Waals surface area contributed by atoms with E-state index in [1.165, 1.54) is 7.05 Å². The van der Waals surface area contributed by atoms with Gasteiger partial charge < -0.3 is 10.2 Å². The van der Waals surface area contributed by atoms with E-state index in [1.807, 2.05) is 13.8 Å². The van der Waals surface area contributed by atoms with E-state index in [9.17, 15) is 18.3 Å². The average Bonchev–Trinajstić information content (AvgIpc) is 2.21. The molecule has 0 aromatic rings. The fourth-order valence-corrected chi connectivity index (χ4v) is 2.73. The van der Waals surface area contributed by atoms with Gasteiger partial charge in [-0.05, 0) is 19.3 Å². The number of carboxylic acid groups (broad SMARTS) is 1. The van der Waals surface area contributed by atoms with Crippen LogP contribution in [-0.4, -0.2) is 54.6 Å². The van der Waals surface area contributed by atoms with Crippen LogP contribution in [0, 0.1) is 5.92 Å². The van der Waals surface area contributed by atoms with Crippen LogP contribution < -0.4 is 4.72 Å². The highest BCUT2D eigenvalue weighted by atomic mass is 32.2. The van der Waals surface area contributed by atoms with Gasteiger partial charge in [0.05, 0.1) is 12.0 Å².